The molecule has 0 aromatic rings. The Morgan fingerprint density at radius 3 is 1.85 bits per heavy atom. The number of carbonyl (C=O) groups is 4. The third-order valence-corrected chi connectivity index (χ3v) is 1.29. The topological polar surface area (TPSA) is 114 Å². The van der Waals surface area contributed by atoms with Gasteiger partial charge >= 0.3 is 0 Å². The van der Waals surface area contributed by atoms with Crippen molar-refractivity contribution < 1.29 is 29.4 Å². The molecule has 0 saturated heterocycles. The van der Waals surface area contributed by atoms with Gasteiger partial charge in [0.1, 0.15) is 11.8 Å². The fourth-order valence-electron chi connectivity index (χ4n) is 0.713. The molecule has 0 heterocycles. The highest BCUT2D eigenvalue weighted by Gasteiger charge is 2.22. The predicted molar refractivity (Wildman–Crippen MR) is 33.8 cm³/mol. The average Bonchev–Trinajstić information content (AvgIpc) is 1.97. The van der Waals surface area contributed by atoms with Gasteiger partial charge in [-0.15, -0.1) is 0 Å². The highest BCUT2D eigenvalue weighted by atomic mass is 16.4. The lowest BCUT2D eigenvalue weighted by molar-refractivity contribution is -0.314. The minimum Gasteiger partial charge on any atom is -0.549 e. The lowest BCUT2D eigenvalue weighted by Gasteiger charge is -2.15. The summed E-state index contributed by atoms with van der Waals surface area (Å²) >= 11 is 0. The molecule has 6 heteroatoms. The van der Waals surface area contributed by atoms with Gasteiger partial charge < -0.3 is 19.8 Å². The molecular formula is C7H6O6-2. The molecule has 0 N–H and O–H groups in total. The maximum Gasteiger partial charge on any atom is 0.187 e. The molecule has 0 aromatic heterocycles. The first-order valence-corrected chi connectivity index (χ1v) is 3.31. The van der Waals surface area contributed by atoms with Crippen molar-refractivity contribution in [2.75, 3.05) is 0 Å². The van der Waals surface area contributed by atoms with Gasteiger partial charge in [-0.25, -0.2) is 0 Å². The molecule has 0 aromatic carbocycles. The van der Waals surface area contributed by atoms with Crippen LogP contribution in [0.2, 0.25) is 0 Å². The van der Waals surface area contributed by atoms with Crippen LogP contribution in [0.5, 0.6) is 0 Å². The van der Waals surface area contributed by atoms with Gasteiger partial charge in [-0.2, -0.15) is 0 Å². The van der Waals surface area contributed by atoms with E-state index in [4.69, 9.17) is 0 Å². The Labute approximate surface area is 73.2 Å². The van der Waals surface area contributed by atoms with Crippen molar-refractivity contribution in [3.63, 3.8) is 0 Å². The van der Waals surface area contributed by atoms with Gasteiger partial charge in [0.05, 0.1) is 11.9 Å². The second-order valence-electron chi connectivity index (χ2n) is 2.43. The summed E-state index contributed by atoms with van der Waals surface area (Å²) in [5.74, 6) is -8.21. The smallest absolute Gasteiger partial charge is 0.187 e. The van der Waals surface area contributed by atoms with Crippen molar-refractivity contribution >= 4 is 23.5 Å². The van der Waals surface area contributed by atoms with Crippen LogP contribution in [0.4, 0.5) is 0 Å². The molecule has 0 bridgehead atoms. The molecule has 0 rings (SSSR count). The first-order valence-electron chi connectivity index (χ1n) is 3.31. The number of hydrogen-bond acceptors (Lipinski definition) is 6. The molecule has 0 aliphatic carbocycles. The second kappa shape index (κ2) is 4.34. The molecule has 0 aliphatic rings. The third kappa shape index (κ3) is 3.46. The number of hydrogen-bond donors (Lipinski definition) is 0. The van der Waals surface area contributed by atoms with Gasteiger partial charge in [-0.1, -0.05) is 0 Å². The minimum absolute atomic E-state index is 0.608. The molecule has 0 amide bonds. The van der Waals surface area contributed by atoms with Crippen molar-refractivity contribution in [1.82, 2.24) is 0 Å². The van der Waals surface area contributed by atoms with Crippen LogP contribution in [0, 0.1) is 5.92 Å². The number of Topliss-reactive ketones (excluding diaryl/α,β-unsaturated/α-hetero) is 2. The minimum atomic E-state index is -2.13. The fraction of sp³-hybridized carbons (Fsp3) is 0.429. The number of carboxylic acid groups (broad SMARTS) is 2. The first kappa shape index (κ1) is 11.3. The standard InChI is InChI=1S/C7H8O6/c1-3(8)2-4(6(10)11)5(9)7(12)13/h4H,2H2,1H3,(H,10,11)(H,12,13)/p-2. The molecule has 6 nitrogen and oxygen atoms in total. The van der Waals surface area contributed by atoms with Crippen LogP contribution in [0.3, 0.4) is 0 Å². The van der Waals surface area contributed by atoms with Crippen LogP contribution in [-0.2, 0) is 19.2 Å². The number of carboxylic acids is 2. The maximum atomic E-state index is 10.6. The van der Waals surface area contributed by atoms with Gasteiger partial charge in [-0.3, -0.25) is 9.59 Å². The number of ketones is 2. The summed E-state index contributed by atoms with van der Waals surface area (Å²) in [6, 6.07) is 0. The number of aliphatic carboxylic acids is 2. The lowest BCUT2D eigenvalue weighted by Crippen LogP contribution is -2.45. The van der Waals surface area contributed by atoms with Crippen LogP contribution < -0.4 is 10.2 Å². The molecule has 0 spiro atoms. The van der Waals surface area contributed by atoms with E-state index in [0.717, 1.165) is 6.92 Å². The Balaban J connectivity index is 4.61. The Morgan fingerprint density at radius 2 is 1.62 bits per heavy atom. The van der Waals surface area contributed by atoms with Crippen molar-refractivity contribution in [2.24, 2.45) is 5.92 Å². The molecule has 1 unspecified atom stereocenters. The SMILES string of the molecule is CC(=O)CC(C(=O)[O-])C(=O)C(=O)[O-]. The van der Waals surface area contributed by atoms with Crippen molar-refractivity contribution in [1.29, 1.82) is 0 Å². The Kier molecular flexibility index (Phi) is 3.77. The highest BCUT2D eigenvalue weighted by Crippen LogP contribution is 2.03. The Hall–Kier alpha value is -1.72. The molecule has 0 fully saturated rings. The number of rotatable bonds is 5. The molecule has 13 heavy (non-hydrogen) atoms. The van der Waals surface area contributed by atoms with Gasteiger partial charge in [0.25, 0.3) is 0 Å². The molecule has 0 saturated carbocycles. The van der Waals surface area contributed by atoms with Crippen LogP contribution in [0.15, 0.2) is 0 Å². The van der Waals surface area contributed by atoms with E-state index in [1.165, 1.54) is 0 Å². The fourth-order valence-corrected chi connectivity index (χ4v) is 0.713. The summed E-state index contributed by atoms with van der Waals surface area (Å²) in [6.45, 7) is 1.04. The van der Waals surface area contributed by atoms with Gasteiger partial charge in [0, 0.05) is 6.42 Å². The number of carbonyl (C=O) groups excluding carboxylic acids is 4. The molecule has 0 aliphatic heterocycles. The van der Waals surface area contributed by atoms with Gasteiger partial charge in [-0.05, 0) is 6.92 Å². The van der Waals surface area contributed by atoms with E-state index < -0.39 is 35.8 Å². The van der Waals surface area contributed by atoms with E-state index in [2.05, 4.69) is 0 Å². The zero-order valence-corrected chi connectivity index (χ0v) is 6.73. The maximum absolute atomic E-state index is 10.6. The molecule has 0 radical (unpaired) electrons. The first-order chi connectivity index (χ1) is 5.86. The molecule has 1 atom stereocenters. The molecular weight excluding hydrogens is 180 g/mol. The van der Waals surface area contributed by atoms with E-state index in [0.29, 0.717) is 0 Å². The monoisotopic (exact) mass is 186 g/mol. The van der Waals surface area contributed by atoms with Crippen LogP contribution in [-0.4, -0.2) is 23.5 Å². The lowest BCUT2D eigenvalue weighted by atomic mass is 9.98. The van der Waals surface area contributed by atoms with E-state index in [1.807, 2.05) is 0 Å². The van der Waals surface area contributed by atoms with E-state index in [1.54, 1.807) is 0 Å². The molecule has 72 valence electrons. The zero-order chi connectivity index (χ0) is 10.6. The van der Waals surface area contributed by atoms with Crippen LogP contribution >= 0.6 is 0 Å². The van der Waals surface area contributed by atoms with Crippen molar-refractivity contribution in [3.8, 4) is 0 Å². The van der Waals surface area contributed by atoms with E-state index in [9.17, 15) is 29.4 Å². The third-order valence-electron chi connectivity index (χ3n) is 1.29. The van der Waals surface area contributed by atoms with Crippen LogP contribution in [0.25, 0.3) is 0 Å². The second-order valence-corrected chi connectivity index (χ2v) is 2.43. The van der Waals surface area contributed by atoms with E-state index in [-0.39, 0.29) is 0 Å². The average molecular weight is 186 g/mol. The zero-order valence-electron chi connectivity index (χ0n) is 6.73. The summed E-state index contributed by atoms with van der Waals surface area (Å²) in [5.41, 5.74) is 0. The highest BCUT2D eigenvalue weighted by molar-refractivity contribution is 6.36. The Morgan fingerprint density at radius 1 is 1.15 bits per heavy atom. The summed E-state index contributed by atoms with van der Waals surface area (Å²) in [5, 5.41) is 20.2. The normalized spacial score (nSPS) is 11.8. The van der Waals surface area contributed by atoms with Crippen molar-refractivity contribution in [2.45, 2.75) is 13.3 Å². The van der Waals surface area contributed by atoms with Crippen molar-refractivity contribution in [3.05, 3.63) is 0 Å². The largest absolute Gasteiger partial charge is 0.549 e. The van der Waals surface area contributed by atoms with Gasteiger partial charge in [0.15, 0.2) is 5.78 Å². The summed E-state index contributed by atoms with van der Waals surface area (Å²) in [6.07, 6.45) is -0.685. The quantitative estimate of drug-likeness (QED) is 0.327. The Bertz CT molecular complexity index is 266. The van der Waals surface area contributed by atoms with E-state index >= 15 is 0 Å². The summed E-state index contributed by atoms with van der Waals surface area (Å²) in [7, 11) is 0. The summed E-state index contributed by atoms with van der Waals surface area (Å²) in [4.78, 5) is 41.2. The van der Waals surface area contributed by atoms with Gasteiger partial charge in [0.2, 0.25) is 0 Å². The predicted octanol–water partition coefficient (Wildman–Crippen LogP) is -3.35. The van der Waals surface area contributed by atoms with Crippen LogP contribution in [0.1, 0.15) is 13.3 Å². The summed E-state index contributed by atoms with van der Waals surface area (Å²) < 4.78 is 0.